The molecule has 0 spiro atoms. The van der Waals surface area contributed by atoms with Crippen LogP contribution in [0.3, 0.4) is 0 Å². The zero-order valence-electron chi connectivity index (χ0n) is 9.36. The minimum atomic E-state index is -4.51. The number of alkyl halides is 3. The van der Waals surface area contributed by atoms with E-state index in [-0.39, 0.29) is 17.3 Å². The Morgan fingerprint density at radius 2 is 1.84 bits per heavy atom. The van der Waals surface area contributed by atoms with Gasteiger partial charge in [-0.1, -0.05) is 12.1 Å². The molecule has 7 heteroatoms. The van der Waals surface area contributed by atoms with E-state index in [9.17, 15) is 18.0 Å². The Balaban J connectivity index is 2.30. The molecule has 1 aromatic heterocycles. The first-order valence-electron chi connectivity index (χ1n) is 5.14. The predicted octanol–water partition coefficient (Wildman–Crippen LogP) is 3.74. The van der Waals surface area contributed by atoms with Crippen LogP contribution < -0.4 is 5.32 Å². The number of carboxylic acids is 1. The van der Waals surface area contributed by atoms with Crippen molar-refractivity contribution >= 4 is 17.5 Å². The highest BCUT2D eigenvalue weighted by molar-refractivity contribution is 5.85. The normalized spacial score (nSPS) is 11.3. The maximum absolute atomic E-state index is 12.7. The van der Waals surface area contributed by atoms with Crippen LogP contribution in [0.5, 0.6) is 0 Å². The first-order chi connectivity index (χ1) is 8.88. The lowest BCUT2D eigenvalue weighted by Crippen LogP contribution is -2.08. The zero-order chi connectivity index (χ0) is 14.0. The molecular weight excluding hydrogens is 263 g/mol. The Hall–Kier alpha value is -2.44. The van der Waals surface area contributed by atoms with Crippen molar-refractivity contribution in [3.63, 3.8) is 0 Å². The van der Waals surface area contributed by atoms with E-state index in [1.54, 1.807) is 0 Å². The molecule has 0 fully saturated rings. The summed E-state index contributed by atoms with van der Waals surface area (Å²) in [6.07, 6.45) is -4.51. The van der Waals surface area contributed by atoms with Gasteiger partial charge in [0.1, 0.15) is 0 Å². The number of aromatic carboxylic acids is 1. The van der Waals surface area contributed by atoms with E-state index in [1.165, 1.54) is 24.3 Å². The van der Waals surface area contributed by atoms with Crippen molar-refractivity contribution in [3.05, 3.63) is 47.7 Å². The highest BCUT2D eigenvalue weighted by Crippen LogP contribution is 2.36. The molecule has 1 heterocycles. The van der Waals surface area contributed by atoms with Crippen LogP contribution in [0.15, 0.2) is 40.8 Å². The summed E-state index contributed by atoms with van der Waals surface area (Å²) in [6.45, 7) is 0. The lowest BCUT2D eigenvalue weighted by atomic mass is 10.1. The van der Waals surface area contributed by atoms with Gasteiger partial charge in [-0.2, -0.15) is 13.2 Å². The van der Waals surface area contributed by atoms with Crippen LogP contribution in [0, 0.1) is 0 Å². The molecular formula is C12H8F3NO3. The number of carbonyl (C=O) groups is 1. The van der Waals surface area contributed by atoms with Crippen LogP contribution >= 0.6 is 0 Å². The number of carboxylic acid groups (broad SMARTS) is 1. The standard InChI is InChI=1S/C12H8F3NO3/c13-12(14,15)7-3-1-2-4-8(7)16-10-6-5-9(19-10)11(17)18/h1-6,16H,(H,17,18). The van der Waals surface area contributed by atoms with Crippen molar-refractivity contribution in [1.82, 2.24) is 0 Å². The number of para-hydroxylation sites is 1. The van der Waals surface area contributed by atoms with Gasteiger partial charge in [0.05, 0.1) is 11.3 Å². The number of rotatable bonds is 3. The highest BCUT2D eigenvalue weighted by atomic mass is 19.4. The van der Waals surface area contributed by atoms with Crippen LogP contribution in [0.1, 0.15) is 16.1 Å². The molecule has 2 aromatic rings. The van der Waals surface area contributed by atoms with Gasteiger partial charge in [-0.15, -0.1) is 0 Å². The van der Waals surface area contributed by atoms with Crippen LogP contribution in [0.2, 0.25) is 0 Å². The molecule has 0 saturated heterocycles. The average Bonchev–Trinajstić information content (AvgIpc) is 2.77. The van der Waals surface area contributed by atoms with Gasteiger partial charge in [0.15, 0.2) is 5.88 Å². The molecule has 1 aromatic carbocycles. The molecule has 0 aliphatic carbocycles. The Kier molecular flexibility index (Phi) is 3.20. The molecule has 0 saturated carbocycles. The van der Waals surface area contributed by atoms with Crippen molar-refractivity contribution in [1.29, 1.82) is 0 Å². The Morgan fingerprint density at radius 1 is 1.16 bits per heavy atom. The van der Waals surface area contributed by atoms with E-state index in [2.05, 4.69) is 5.32 Å². The largest absolute Gasteiger partial charge is 0.475 e. The van der Waals surface area contributed by atoms with Gasteiger partial charge < -0.3 is 14.8 Å². The van der Waals surface area contributed by atoms with E-state index in [1.807, 2.05) is 0 Å². The lowest BCUT2D eigenvalue weighted by molar-refractivity contribution is -0.136. The number of anilines is 2. The van der Waals surface area contributed by atoms with Crippen molar-refractivity contribution in [2.75, 3.05) is 5.32 Å². The summed E-state index contributed by atoms with van der Waals surface area (Å²) in [5, 5.41) is 11.1. The fourth-order valence-corrected chi connectivity index (χ4v) is 1.49. The van der Waals surface area contributed by atoms with Gasteiger partial charge in [-0.3, -0.25) is 0 Å². The molecule has 0 aliphatic rings. The van der Waals surface area contributed by atoms with Crippen molar-refractivity contribution in [2.24, 2.45) is 0 Å². The monoisotopic (exact) mass is 271 g/mol. The number of hydrogen-bond acceptors (Lipinski definition) is 3. The van der Waals surface area contributed by atoms with Gasteiger partial charge in [-0.05, 0) is 18.2 Å². The van der Waals surface area contributed by atoms with E-state index in [0.29, 0.717) is 0 Å². The maximum atomic E-state index is 12.7. The molecule has 0 aliphatic heterocycles. The first-order valence-corrected chi connectivity index (χ1v) is 5.14. The third-order valence-electron chi connectivity index (χ3n) is 2.31. The topological polar surface area (TPSA) is 62.5 Å². The predicted molar refractivity (Wildman–Crippen MR) is 60.4 cm³/mol. The smallest absolute Gasteiger partial charge is 0.418 e. The molecule has 2 N–H and O–H groups in total. The molecule has 2 rings (SSSR count). The summed E-state index contributed by atoms with van der Waals surface area (Å²) in [5.74, 6) is -1.72. The third kappa shape index (κ3) is 2.87. The van der Waals surface area contributed by atoms with Crippen molar-refractivity contribution < 1.29 is 27.5 Å². The molecule has 19 heavy (non-hydrogen) atoms. The van der Waals surface area contributed by atoms with Crippen LogP contribution in [0.25, 0.3) is 0 Å². The molecule has 0 bridgehead atoms. The molecule has 100 valence electrons. The van der Waals surface area contributed by atoms with E-state index in [0.717, 1.165) is 12.1 Å². The molecule has 0 atom stereocenters. The summed E-state index contributed by atoms with van der Waals surface area (Å²) in [4.78, 5) is 10.6. The zero-order valence-corrected chi connectivity index (χ0v) is 9.36. The molecule has 0 radical (unpaired) electrons. The van der Waals surface area contributed by atoms with E-state index in [4.69, 9.17) is 9.52 Å². The third-order valence-corrected chi connectivity index (χ3v) is 2.31. The van der Waals surface area contributed by atoms with Crippen LogP contribution in [-0.4, -0.2) is 11.1 Å². The van der Waals surface area contributed by atoms with Gasteiger partial charge in [-0.25, -0.2) is 4.79 Å². The molecule has 0 amide bonds. The van der Waals surface area contributed by atoms with Crippen molar-refractivity contribution in [2.45, 2.75) is 6.18 Å². The average molecular weight is 271 g/mol. The molecule has 0 unspecified atom stereocenters. The second kappa shape index (κ2) is 4.68. The number of furan rings is 1. The van der Waals surface area contributed by atoms with Gasteiger partial charge >= 0.3 is 12.1 Å². The SMILES string of the molecule is O=C(O)c1ccc(Nc2ccccc2C(F)(F)F)o1. The number of halogens is 3. The first kappa shape index (κ1) is 13.0. The van der Waals surface area contributed by atoms with Gasteiger partial charge in [0, 0.05) is 6.07 Å². The lowest BCUT2D eigenvalue weighted by Gasteiger charge is -2.12. The fourth-order valence-electron chi connectivity index (χ4n) is 1.49. The van der Waals surface area contributed by atoms with E-state index >= 15 is 0 Å². The van der Waals surface area contributed by atoms with Gasteiger partial charge in [0.25, 0.3) is 0 Å². The summed E-state index contributed by atoms with van der Waals surface area (Å²) in [7, 11) is 0. The summed E-state index contributed by atoms with van der Waals surface area (Å²) in [6, 6.07) is 7.24. The Morgan fingerprint density at radius 3 is 2.42 bits per heavy atom. The van der Waals surface area contributed by atoms with Crippen LogP contribution in [-0.2, 0) is 6.18 Å². The summed E-state index contributed by atoms with van der Waals surface area (Å²) in [5.41, 5.74) is -1.07. The second-order valence-corrected chi connectivity index (χ2v) is 3.64. The minimum absolute atomic E-state index is 0.0749. The minimum Gasteiger partial charge on any atom is -0.475 e. The summed E-state index contributed by atoms with van der Waals surface area (Å²) < 4.78 is 43.0. The summed E-state index contributed by atoms with van der Waals surface area (Å²) >= 11 is 0. The van der Waals surface area contributed by atoms with Crippen LogP contribution in [0.4, 0.5) is 24.7 Å². The quantitative estimate of drug-likeness (QED) is 0.892. The number of benzene rings is 1. The number of nitrogens with one attached hydrogen (secondary N) is 1. The Labute approximate surface area is 105 Å². The molecule has 4 nitrogen and oxygen atoms in total. The maximum Gasteiger partial charge on any atom is 0.418 e. The van der Waals surface area contributed by atoms with E-state index < -0.39 is 17.7 Å². The number of hydrogen-bond donors (Lipinski definition) is 2. The second-order valence-electron chi connectivity index (χ2n) is 3.64. The van der Waals surface area contributed by atoms with Crippen molar-refractivity contribution in [3.8, 4) is 0 Å². The Bertz CT molecular complexity index is 604. The van der Waals surface area contributed by atoms with Gasteiger partial charge in [0.2, 0.25) is 5.76 Å². The highest BCUT2D eigenvalue weighted by Gasteiger charge is 2.33. The fraction of sp³-hybridized carbons (Fsp3) is 0.0833.